The van der Waals surface area contributed by atoms with E-state index in [-0.39, 0.29) is 16.5 Å². The zero-order valence-electron chi connectivity index (χ0n) is 12.2. The molecule has 1 fully saturated rings. The van der Waals surface area contributed by atoms with Crippen molar-refractivity contribution >= 4 is 21.6 Å². The molecule has 0 radical (unpaired) electrons. The number of aliphatic hydroxyl groups excluding tert-OH is 1. The third-order valence-corrected chi connectivity index (χ3v) is 6.10. The van der Waals surface area contributed by atoms with Crippen molar-refractivity contribution in [3.05, 3.63) is 28.8 Å². The summed E-state index contributed by atoms with van der Waals surface area (Å²) in [5.74, 6) is 0.961. The van der Waals surface area contributed by atoms with E-state index >= 15 is 0 Å². The summed E-state index contributed by atoms with van der Waals surface area (Å²) in [4.78, 5) is 0.146. The first-order chi connectivity index (χ1) is 9.94. The molecule has 0 amide bonds. The van der Waals surface area contributed by atoms with Crippen molar-refractivity contribution in [1.29, 1.82) is 0 Å². The van der Waals surface area contributed by atoms with Crippen LogP contribution in [0.15, 0.2) is 23.1 Å². The Morgan fingerprint density at radius 2 is 2.05 bits per heavy atom. The maximum absolute atomic E-state index is 12.3. The number of rotatable bonds is 5. The van der Waals surface area contributed by atoms with E-state index in [1.54, 1.807) is 6.07 Å². The molecule has 0 saturated heterocycles. The first kappa shape index (κ1) is 16.7. The summed E-state index contributed by atoms with van der Waals surface area (Å²) in [6.07, 6.45) is 4.66. The first-order valence-electron chi connectivity index (χ1n) is 7.33. The summed E-state index contributed by atoms with van der Waals surface area (Å²) in [6.45, 7) is 2.46. The largest absolute Gasteiger partial charge is 0.392 e. The van der Waals surface area contributed by atoms with Gasteiger partial charge in [0.25, 0.3) is 0 Å². The molecule has 6 heteroatoms. The SMILES string of the molecule is CC1CCCCC1CNS(=O)(=O)c1ccc(CO)c(Cl)c1. The fourth-order valence-electron chi connectivity index (χ4n) is 2.82. The van der Waals surface area contributed by atoms with Crippen LogP contribution in [0.4, 0.5) is 0 Å². The molecule has 0 aromatic heterocycles. The molecule has 2 atom stereocenters. The maximum Gasteiger partial charge on any atom is 0.240 e. The summed E-state index contributed by atoms with van der Waals surface area (Å²) in [6, 6.07) is 4.41. The second-order valence-electron chi connectivity index (χ2n) is 5.79. The van der Waals surface area contributed by atoms with Gasteiger partial charge >= 0.3 is 0 Å². The number of hydrogen-bond acceptors (Lipinski definition) is 3. The molecule has 0 aliphatic heterocycles. The predicted octanol–water partition coefficient (Wildman–Crippen LogP) is 2.94. The van der Waals surface area contributed by atoms with Crippen LogP contribution in [-0.2, 0) is 16.6 Å². The standard InChI is InChI=1S/C15H22ClNO3S/c1-11-4-2-3-5-12(11)9-17-21(19,20)14-7-6-13(10-18)15(16)8-14/h6-8,11-12,17-18H,2-5,9-10H2,1H3. The van der Waals surface area contributed by atoms with Crippen LogP contribution in [0.2, 0.25) is 5.02 Å². The Labute approximate surface area is 131 Å². The van der Waals surface area contributed by atoms with Gasteiger partial charge in [-0.2, -0.15) is 0 Å². The van der Waals surface area contributed by atoms with Crippen molar-refractivity contribution in [3.8, 4) is 0 Å². The molecule has 1 saturated carbocycles. The van der Waals surface area contributed by atoms with Crippen molar-refractivity contribution in [1.82, 2.24) is 4.72 Å². The lowest BCUT2D eigenvalue weighted by Gasteiger charge is -2.28. The van der Waals surface area contributed by atoms with Crippen LogP contribution >= 0.6 is 11.6 Å². The molecule has 1 aromatic rings. The molecule has 0 bridgehead atoms. The van der Waals surface area contributed by atoms with Crippen molar-refractivity contribution in [2.45, 2.75) is 44.1 Å². The minimum atomic E-state index is -3.55. The van der Waals surface area contributed by atoms with Crippen LogP contribution in [0.5, 0.6) is 0 Å². The van der Waals surface area contributed by atoms with Gasteiger partial charge in [0.1, 0.15) is 0 Å². The Morgan fingerprint density at radius 3 is 2.67 bits per heavy atom. The van der Waals surface area contributed by atoms with Crippen LogP contribution in [0, 0.1) is 11.8 Å². The highest BCUT2D eigenvalue weighted by Crippen LogP contribution is 2.29. The van der Waals surface area contributed by atoms with Gasteiger partial charge in [0, 0.05) is 11.6 Å². The number of hydrogen-bond donors (Lipinski definition) is 2. The zero-order chi connectivity index (χ0) is 15.5. The zero-order valence-corrected chi connectivity index (χ0v) is 13.8. The minimum Gasteiger partial charge on any atom is -0.392 e. The van der Waals surface area contributed by atoms with Gasteiger partial charge in [0.2, 0.25) is 10.0 Å². The van der Waals surface area contributed by atoms with E-state index in [0.29, 0.717) is 23.9 Å². The summed E-state index contributed by atoms with van der Waals surface area (Å²) < 4.78 is 27.3. The molecule has 0 spiro atoms. The van der Waals surface area contributed by atoms with Gasteiger partial charge in [-0.05, 0) is 36.0 Å². The molecule has 2 unspecified atom stereocenters. The molecule has 2 N–H and O–H groups in total. The van der Waals surface area contributed by atoms with Crippen molar-refractivity contribution < 1.29 is 13.5 Å². The van der Waals surface area contributed by atoms with Crippen LogP contribution in [0.25, 0.3) is 0 Å². The Morgan fingerprint density at radius 1 is 1.33 bits per heavy atom. The van der Waals surface area contributed by atoms with Gasteiger partial charge in [0.15, 0.2) is 0 Å². The number of nitrogens with one attached hydrogen (secondary N) is 1. The number of halogens is 1. The topological polar surface area (TPSA) is 66.4 Å². The number of benzene rings is 1. The van der Waals surface area contributed by atoms with Crippen molar-refractivity contribution in [2.75, 3.05) is 6.54 Å². The van der Waals surface area contributed by atoms with Gasteiger partial charge in [0.05, 0.1) is 11.5 Å². The second kappa shape index (κ2) is 7.09. The van der Waals surface area contributed by atoms with E-state index in [2.05, 4.69) is 11.6 Å². The van der Waals surface area contributed by atoms with E-state index < -0.39 is 10.0 Å². The number of aliphatic hydroxyl groups is 1. The van der Waals surface area contributed by atoms with Gasteiger partial charge in [-0.25, -0.2) is 13.1 Å². The Kier molecular flexibility index (Phi) is 5.66. The molecule has 1 aromatic carbocycles. The molecule has 0 heterocycles. The van der Waals surface area contributed by atoms with Gasteiger partial charge in [-0.1, -0.05) is 43.9 Å². The molecule has 4 nitrogen and oxygen atoms in total. The first-order valence-corrected chi connectivity index (χ1v) is 9.19. The summed E-state index contributed by atoms with van der Waals surface area (Å²) >= 11 is 5.96. The van der Waals surface area contributed by atoms with E-state index in [0.717, 1.165) is 6.42 Å². The molecule has 2 rings (SSSR count). The van der Waals surface area contributed by atoms with E-state index in [9.17, 15) is 8.42 Å². The molecule has 21 heavy (non-hydrogen) atoms. The normalized spacial score (nSPS) is 23.2. The lowest BCUT2D eigenvalue weighted by molar-refractivity contribution is 0.257. The Bertz CT molecular complexity index is 589. The fourth-order valence-corrected chi connectivity index (χ4v) is 4.25. The quantitative estimate of drug-likeness (QED) is 0.871. The van der Waals surface area contributed by atoms with Crippen LogP contribution in [-0.4, -0.2) is 20.1 Å². The highest BCUT2D eigenvalue weighted by Gasteiger charge is 2.24. The monoisotopic (exact) mass is 331 g/mol. The van der Waals surface area contributed by atoms with Crippen LogP contribution in [0.1, 0.15) is 38.2 Å². The lowest BCUT2D eigenvalue weighted by Crippen LogP contribution is -2.33. The van der Waals surface area contributed by atoms with E-state index in [1.165, 1.54) is 31.4 Å². The third kappa shape index (κ3) is 4.19. The van der Waals surface area contributed by atoms with Gasteiger partial charge in [-0.3, -0.25) is 0 Å². The van der Waals surface area contributed by atoms with Crippen molar-refractivity contribution in [3.63, 3.8) is 0 Å². The summed E-state index contributed by atoms with van der Waals surface area (Å²) in [5.41, 5.74) is 0.525. The third-order valence-electron chi connectivity index (χ3n) is 4.33. The predicted molar refractivity (Wildman–Crippen MR) is 83.7 cm³/mol. The molecule has 118 valence electrons. The van der Waals surface area contributed by atoms with Crippen LogP contribution < -0.4 is 4.72 Å². The van der Waals surface area contributed by atoms with Gasteiger partial charge in [-0.15, -0.1) is 0 Å². The molecular weight excluding hydrogens is 310 g/mol. The molecule has 1 aliphatic rings. The van der Waals surface area contributed by atoms with Gasteiger partial charge < -0.3 is 5.11 Å². The summed E-state index contributed by atoms with van der Waals surface area (Å²) in [7, 11) is -3.55. The Hall–Kier alpha value is -0.620. The molecular formula is C15H22ClNO3S. The minimum absolute atomic E-state index is 0.146. The van der Waals surface area contributed by atoms with Crippen LogP contribution in [0.3, 0.4) is 0 Å². The average Bonchev–Trinajstić information content (AvgIpc) is 2.46. The number of sulfonamides is 1. The highest BCUT2D eigenvalue weighted by atomic mass is 35.5. The fraction of sp³-hybridized carbons (Fsp3) is 0.600. The lowest BCUT2D eigenvalue weighted by atomic mass is 9.81. The smallest absolute Gasteiger partial charge is 0.240 e. The summed E-state index contributed by atoms with van der Waals surface area (Å²) in [5, 5.41) is 9.34. The molecule has 1 aliphatic carbocycles. The maximum atomic E-state index is 12.3. The van der Waals surface area contributed by atoms with E-state index in [1.807, 2.05) is 0 Å². The highest BCUT2D eigenvalue weighted by molar-refractivity contribution is 7.89. The van der Waals surface area contributed by atoms with Crippen molar-refractivity contribution in [2.24, 2.45) is 11.8 Å². The second-order valence-corrected chi connectivity index (χ2v) is 7.96. The average molecular weight is 332 g/mol. The van der Waals surface area contributed by atoms with E-state index in [4.69, 9.17) is 16.7 Å². The Balaban J connectivity index is 2.06.